The lowest BCUT2D eigenvalue weighted by molar-refractivity contribution is 0.345. The highest BCUT2D eigenvalue weighted by Gasteiger charge is 2.18. The van der Waals surface area contributed by atoms with Crippen LogP contribution in [0.3, 0.4) is 0 Å². The fourth-order valence-corrected chi connectivity index (χ4v) is 2.08. The molecule has 0 spiro atoms. The van der Waals surface area contributed by atoms with Gasteiger partial charge in [0.1, 0.15) is 5.75 Å². The van der Waals surface area contributed by atoms with E-state index >= 15 is 0 Å². The topological polar surface area (TPSA) is 47.3 Å². The summed E-state index contributed by atoms with van der Waals surface area (Å²) in [5, 5.41) is 0. The van der Waals surface area contributed by atoms with E-state index in [0.717, 1.165) is 18.6 Å². The molecule has 3 nitrogen and oxygen atoms in total. The molecule has 3 N–H and O–H groups in total. The summed E-state index contributed by atoms with van der Waals surface area (Å²) in [4.78, 5) is 0. The van der Waals surface area contributed by atoms with Crippen LogP contribution in [0, 0.1) is 5.92 Å². The van der Waals surface area contributed by atoms with Gasteiger partial charge in [0.2, 0.25) is 0 Å². The van der Waals surface area contributed by atoms with E-state index in [9.17, 15) is 0 Å². The van der Waals surface area contributed by atoms with Gasteiger partial charge in [-0.3, -0.25) is 11.3 Å². The molecule has 1 aromatic rings. The van der Waals surface area contributed by atoms with Crippen LogP contribution in [0.4, 0.5) is 0 Å². The number of rotatable bonds is 6. The second-order valence-electron chi connectivity index (χ2n) is 3.99. The molecule has 90 valence electrons. The van der Waals surface area contributed by atoms with Crippen molar-refractivity contribution in [2.45, 2.75) is 32.7 Å². The Labute approximate surface area is 98.0 Å². The molecule has 0 aromatic heterocycles. The Kier molecular flexibility index (Phi) is 5.29. The predicted molar refractivity (Wildman–Crippen MR) is 67.1 cm³/mol. The average molecular weight is 222 g/mol. The maximum Gasteiger partial charge on any atom is 0.118 e. The van der Waals surface area contributed by atoms with Gasteiger partial charge in [0, 0.05) is 6.04 Å². The number of nitrogens with two attached hydrogens (primary N) is 1. The summed E-state index contributed by atoms with van der Waals surface area (Å²) in [6, 6.07) is 8.31. The second-order valence-corrected chi connectivity index (χ2v) is 3.99. The van der Waals surface area contributed by atoms with Crippen LogP contribution < -0.4 is 16.0 Å². The molecule has 0 fully saturated rings. The summed E-state index contributed by atoms with van der Waals surface area (Å²) in [6.45, 7) is 4.39. The Morgan fingerprint density at radius 2 is 1.75 bits per heavy atom. The molecule has 1 atom stereocenters. The predicted octanol–water partition coefficient (Wildman–Crippen LogP) is 2.64. The molecule has 0 saturated carbocycles. The van der Waals surface area contributed by atoms with Crippen LogP contribution in [-0.4, -0.2) is 7.11 Å². The molecule has 0 amide bonds. The van der Waals surface area contributed by atoms with Crippen molar-refractivity contribution in [2.24, 2.45) is 11.8 Å². The lowest BCUT2D eigenvalue weighted by atomic mass is 9.89. The van der Waals surface area contributed by atoms with E-state index in [-0.39, 0.29) is 6.04 Å². The van der Waals surface area contributed by atoms with Gasteiger partial charge in [-0.1, -0.05) is 38.8 Å². The van der Waals surface area contributed by atoms with Crippen LogP contribution >= 0.6 is 0 Å². The van der Waals surface area contributed by atoms with Crippen molar-refractivity contribution in [1.82, 2.24) is 5.43 Å². The van der Waals surface area contributed by atoms with E-state index in [2.05, 4.69) is 31.4 Å². The van der Waals surface area contributed by atoms with Gasteiger partial charge in [-0.2, -0.15) is 0 Å². The minimum Gasteiger partial charge on any atom is -0.497 e. The first-order valence-electron chi connectivity index (χ1n) is 5.86. The van der Waals surface area contributed by atoms with Gasteiger partial charge in [0.15, 0.2) is 0 Å². The first-order chi connectivity index (χ1) is 7.76. The highest BCUT2D eigenvalue weighted by atomic mass is 16.5. The minimum absolute atomic E-state index is 0.223. The molecule has 3 heteroatoms. The minimum atomic E-state index is 0.223. The molecule has 0 radical (unpaired) electrons. The Bertz CT molecular complexity index is 293. The molecule has 0 saturated heterocycles. The number of benzene rings is 1. The highest BCUT2D eigenvalue weighted by Crippen LogP contribution is 2.27. The van der Waals surface area contributed by atoms with Crippen molar-refractivity contribution in [3.05, 3.63) is 29.8 Å². The monoisotopic (exact) mass is 222 g/mol. The van der Waals surface area contributed by atoms with Crippen LogP contribution in [0.25, 0.3) is 0 Å². The summed E-state index contributed by atoms with van der Waals surface area (Å²) in [7, 11) is 1.68. The lowest BCUT2D eigenvalue weighted by Crippen LogP contribution is -2.33. The van der Waals surface area contributed by atoms with E-state index in [1.807, 2.05) is 12.1 Å². The number of nitrogens with one attached hydrogen (secondary N) is 1. The lowest BCUT2D eigenvalue weighted by Gasteiger charge is -2.25. The van der Waals surface area contributed by atoms with Gasteiger partial charge in [-0.25, -0.2) is 0 Å². The van der Waals surface area contributed by atoms with Crippen molar-refractivity contribution in [1.29, 1.82) is 0 Å². The summed E-state index contributed by atoms with van der Waals surface area (Å²) >= 11 is 0. The summed E-state index contributed by atoms with van der Waals surface area (Å²) in [6.07, 6.45) is 2.24. The molecular weight excluding hydrogens is 200 g/mol. The zero-order chi connectivity index (χ0) is 12.0. The highest BCUT2D eigenvalue weighted by molar-refractivity contribution is 5.29. The van der Waals surface area contributed by atoms with E-state index in [1.54, 1.807) is 7.11 Å². The van der Waals surface area contributed by atoms with E-state index < -0.39 is 0 Å². The third-order valence-electron chi connectivity index (χ3n) is 3.17. The molecule has 0 aliphatic rings. The third kappa shape index (κ3) is 2.97. The first-order valence-corrected chi connectivity index (χ1v) is 5.86. The quantitative estimate of drug-likeness (QED) is 0.574. The fraction of sp³-hybridized carbons (Fsp3) is 0.538. The number of hydrazine groups is 1. The van der Waals surface area contributed by atoms with Gasteiger partial charge in [-0.15, -0.1) is 0 Å². The molecule has 1 unspecified atom stereocenters. The molecular formula is C13H22N2O. The smallest absolute Gasteiger partial charge is 0.118 e. The Morgan fingerprint density at radius 1 is 1.19 bits per heavy atom. The Morgan fingerprint density at radius 3 is 2.12 bits per heavy atom. The molecule has 1 aromatic carbocycles. The molecule has 0 bridgehead atoms. The van der Waals surface area contributed by atoms with Gasteiger partial charge in [-0.05, 0) is 23.6 Å². The fourth-order valence-electron chi connectivity index (χ4n) is 2.08. The van der Waals surface area contributed by atoms with Crippen molar-refractivity contribution >= 4 is 0 Å². The number of hydrogen-bond acceptors (Lipinski definition) is 3. The summed E-state index contributed by atoms with van der Waals surface area (Å²) in [5.41, 5.74) is 4.14. The third-order valence-corrected chi connectivity index (χ3v) is 3.17. The van der Waals surface area contributed by atoms with Gasteiger partial charge in [0.05, 0.1) is 7.11 Å². The van der Waals surface area contributed by atoms with E-state index in [4.69, 9.17) is 10.6 Å². The maximum absolute atomic E-state index is 5.65. The molecule has 16 heavy (non-hydrogen) atoms. The van der Waals surface area contributed by atoms with Crippen molar-refractivity contribution in [2.75, 3.05) is 7.11 Å². The Hall–Kier alpha value is -1.06. The van der Waals surface area contributed by atoms with Crippen LogP contribution in [0.5, 0.6) is 5.75 Å². The van der Waals surface area contributed by atoms with E-state index in [1.165, 1.54) is 5.56 Å². The van der Waals surface area contributed by atoms with Crippen LogP contribution in [0.15, 0.2) is 24.3 Å². The van der Waals surface area contributed by atoms with Crippen molar-refractivity contribution in [3.8, 4) is 5.75 Å². The standard InChI is InChI=1S/C13H22N2O/c1-4-10(5-2)13(15-14)11-6-8-12(16-3)9-7-11/h6-10,13,15H,4-5,14H2,1-3H3. The van der Waals surface area contributed by atoms with Crippen molar-refractivity contribution in [3.63, 3.8) is 0 Å². The van der Waals surface area contributed by atoms with E-state index in [0.29, 0.717) is 5.92 Å². The largest absolute Gasteiger partial charge is 0.497 e. The van der Waals surface area contributed by atoms with Gasteiger partial charge >= 0.3 is 0 Å². The van der Waals surface area contributed by atoms with Crippen LogP contribution in [-0.2, 0) is 0 Å². The SMILES string of the molecule is CCC(CC)C(NN)c1ccc(OC)cc1. The molecule has 0 heterocycles. The van der Waals surface area contributed by atoms with Crippen molar-refractivity contribution < 1.29 is 4.74 Å². The zero-order valence-corrected chi connectivity index (χ0v) is 10.4. The molecule has 0 aliphatic carbocycles. The zero-order valence-electron chi connectivity index (χ0n) is 10.4. The average Bonchev–Trinajstić information content (AvgIpc) is 2.36. The first kappa shape index (κ1) is 13.0. The second kappa shape index (κ2) is 6.51. The normalized spacial score (nSPS) is 12.8. The van der Waals surface area contributed by atoms with Gasteiger partial charge in [0.25, 0.3) is 0 Å². The summed E-state index contributed by atoms with van der Waals surface area (Å²) in [5.74, 6) is 7.09. The number of ether oxygens (including phenoxy) is 1. The van der Waals surface area contributed by atoms with Gasteiger partial charge < -0.3 is 4.74 Å². The maximum atomic E-state index is 5.65. The Balaban J connectivity index is 2.85. The number of methoxy groups -OCH3 is 1. The molecule has 1 rings (SSSR count). The van der Waals surface area contributed by atoms with Crippen LogP contribution in [0.1, 0.15) is 38.3 Å². The van der Waals surface area contributed by atoms with Crippen LogP contribution in [0.2, 0.25) is 0 Å². The molecule has 0 aliphatic heterocycles. The summed E-state index contributed by atoms with van der Waals surface area (Å²) < 4.78 is 5.14. The number of hydrogen-bond donors (Lipinski definition) is 2.